The maximum atomic E-state index is 13.9. The summed E-state index contributed by atoms with van der Waals surface area (Å²) < 4.78 is 66.8. The minimum Gasteiger partial charge on any atom is -0.352 e. The number of benzene rings is 3. The topological polar surface area (TPSA) is 86.8 Å². The second-order valence-electron chi connectivity index (χ2n) is 10.2. The minimum absolute atomic E-state index is 0.0174. The molecule has 11 heteroatoms. The minimum atomic E-state index is -3.89. The molecule has 0 saturated carbocycles. The molecule has 42 heavy (non-hydrogen) atoms. The first-order chi connectivity index (χ1) is 19.9. The largest absolute Gasteiger partial charge is 0.352 e. The summed E-state index contributed by atoms with van der Waals surface area (Å²) in [7, 11) is -3.89. The molecule has 0 aromatic heterocycles. The molecule has 1 N–H and O–H groups in total. The first kappa shape index (κ1) is 32.7. The van der Waals surface area contributed by atoms with Crippen molar-refractivity contribution in [2.75, 3.05) is 17.1 Å². The first-order valence-corrected chi connectivity index (χ1v) is 15.5. The molecule has 0 unspecified atom stereocenters. The molecule has 226 valence electrons. The molecule has 3 rings (SSSR count). The van der Waals surface area contributed by atoms with E-state index in [2.05, 4.69) is 5.32 Å². The number of amides is 2. The van der Waals surface area contributed by atoms with Gasteiger partial charge in [-0.3, -0.25) is 13.9 Å². The van der Waals surface area contributed by atoms with Crippen molar-refractivity contribution in [3.8, 4) is 0 Å². The maximum Gasteiger partial charge on any atom is 0.243 e. The Labute approximate surface area is 245 Å². The van der Waals surface area contributed by atoms with Crippen molar-refractivity contribution in [3.05, 3.63) is 101 Å². The van der Waals surface area contributed by atoms with Crippen molar-refractivity contribution >= 4 is 27.5 Å². The summed E-state index contributed by atoms with van der Waals surface area (Å²) >= 11 is 0. The normalized spacial score (nSPS) is 12.8. The highest BCUT2D eigenvalue weighted by molar-refractivity contribution is 7.92. The van der Waals surface area contributed by atoms with Crippen LogP contribution >= 0.6 is 0 Å². The molecule has 0 bridgehead atoms. The third kappa shape index (κ3) is 9.34. The number of hydrogen-bond donors (Lipinski definition) is 1. The van der Waals surface area contributed by atoms with Gasteiger partial charge in [0.2, 0.25) is 21.8 Å². The number of nitrogens with one attached hydrogen (secondary N) is 1. The molecule has 0 saturated heterocycles. The van der Waals surface area contributed by atoms with Crippen LogP contribution in [-0.2, 0) is 32.6 Å². The van der Waals surface area contributed by atoms with Crippen LogP contribution in [0, 0.1) is 17.5 Å². The van der Waals surface area contributed by atoms with E-state index >= 15 is 0 Å². The fourth-order valence-electron chi connectivity index (χ4n) is 4.43. The molecular formula is C31H36F3N3O4S. The Morgan fingerprint density at radius 1 is 0.905 bits per heavy atom. The Balaban J connectivity index is 1.89. The molecule has 0 aliphatic carbocycles. The van der Waals surface area contributed by atoms with Crippen LogP contribution in [0.15, 0.2) is 72.8 Å². The predicted octanol–water partition coefficient (Wildman–Crippen LogP) is 5.20. The van der Waals surface area contributed by atoms with Crippen molar-refractivity contribution < 1.29 is 31.2 Å². The molecule has 3 aromatic rings. The molecule has 3 aromatic carbocycles. The predicted molar refractivity (Wildman–Crippen MR) is 157 cm³/mol. The zero-order valence-electron chi connectivity index (χ0n) is 23.9. The molecule has 2 atom stereocenters. The number of carbonyl (C=O) groups excluding carboxylic acids is 2. The second-order valence-corrected chi connectivity index (χ2v) is 12.1. The average Bonchev–Trinajstić information content (AvgIpc) is 2.95. The number of hydrogen-bond acceptors (Lipinski definition) is 4. The molecule has 0 spiro atoms. The lowest BCUT2D eigenvalue weighted by atomic mass is 10.0. The second kappa shape index (κ2) is 14.9. The maximum absolute atomic E-state index is 13.9. The zero-order chi connectivity index (χ0) is 30.9. The van der Waals surface area contributed by atoms with Crippen molar-refractivity contribution in [1.82, 2.24) is 10.2 Å². The summed E-state index contributed by atoms with van der Waals surface area (Å²) in [5.74, 6) is -3.51. The smallest absolute Gasteiger partial charge is 0.243 e. The fourth-order valence-corrected chi connectivity index (χ4v) is 5.38. The molecule has 0 aliphatic rings. The van der Waals surface area contributed by atoms with E-state index in [9.17, 15) is 31.2 Å². The molecule has 0 radical (unpaired) electrons. The third-order valence-electron chi connectivity index (χ3n) is 6.88. The average molecular weight is 604 g/mol. The van der Waals surface area contributed by atoms with Gasteiger partial charge in [0.25, 0.3) is 0 Å². The van der Waals surface area contributed by atoms with E-state index in [4.69, 9.17) is 0 Å². The van der Waals surface area contributed by atoms with E-state index in [1.165, 1.54) is 29.2 Å². The molecule has 0 heterocycles. The summed E-state index contributed by atoms with van der Waals surface area (Å²) in [4.78, 5) is 28.7. The van der Waals surface area contributed by atoms with Crippen LogP contribution in [0.25, 0.3) is 0 Å². The van der Waals surface area contributed by atoms with Crippen LogP contribution in [0.5, 0.6) is 0 Å². The highest BCUT2D eigenvalue weighted by Gasteiger charge is 2.31. The quantitative estimate of drug-likeness (QED) is 0.274. The standard InChI is InChI=1S/C31H36F3N3O4S/c1-4-22(2)35-31(39)29(19-23-9-6-5-7-10-23)36(21-24-12-14-25(32)15-13-24)30(38)11-8-18-37(42(3,40)41)26-16-17-27(33)28(34)20-26/h5-7,9-10,12-17,20,22,29H,4,8,11,18-19,21H2,1-3H3,(H,35,39)/t22-,29+/m1/s1. The van der Waals surface area contributed by atoms with Gasteiger partial charge in [0.05, 0.1) is 11.9 Å². The molecule has 7 nitrogen and oxygen atoms in total. The lowest BCUT2D eigenvalue weighted by Crippen LogP contribution is -2.52. The highest BCUT2D eigenvalue weighted by atomic mass is 32.2. The Hall–Kier alpha value is -3.86. The summed E-state index contributed by atoms with van der Waals surface area (Å²) in [6.07, 6.45) is 1.74. The summed E-state index contributed by atoms with van der Waals surface area (Å²) in [5.41, 5.74) is 1.38. The monoisotopic (exact) mass is 603 g/mol. The SMILES string of the molecule is CC[C@@H](C)NC(=O)[C@H](Cc1ccccc1)N(Cc1ccc(F)cc1)C(=O)CCCN(c1ccc(F)c(F)c1)S(C)(=O)=O. The van der Waals surface area contributed by atoms with E-state index in [1.54, 1.807) is 0 Å². The van der Waals surface area contributed by atoms with Gasteiger partial charge in [-0.2, -0.15) is 0 Å². The van der Waals surface area contributed by atoms with Crippen molar-refractivity contribution in [1.29, 1.82) is 0 Å². The number of nitrogens with zero attached hydrogens (tertiary/aromatic N) is 2. The summed E-state index contributed by atoms with van der Waals surface area (Å²) in [6, 6.07) is 16.6. The van der Waals surface area contributed by atoms with Gasteiger partial charge in [-0.05, 0) is 55.2 Å². The van der Waals surface area contributed by atoms with E-state index in [-0.39, 0.29) is 50.0 Å². The highest BCUT2D eigenvalue weighted by Crippen LogP contribution is 2.22. The van der Waals surface area contributed by atoms with Gasteiger partial charge in [0, 0.05) is 38.0 Å². The van der Waals surface area contributed by atoms with Gasteiger partial charge < -0.3 is 10.2 Å². The molecule has 0 aliphatic heterocycles. The van der Waals surface area contributed by atoms with Gasteiger partial charge in [-0.25, -0.2) is 21.6 Å². The van der Waals surface area contributed by atoms with Crippen molar-refractivity contribution in [2.24, 2.45) is 0 Å². The lowest BCUT2D eigenvalue weighted by Gasteiger charge is -2.32. The van der Waals surface area contributed by atoms with Gasteiger partial charge in [-0.15, -0.1) is 0 Å². The Morgan fingerprint density at radius 3 is 2.17 bits per heavy atom. The lowest BCUT2D eigenvalue weighted by molar-refractivity contribution is -0.141. The van der Waals surface area contributed by atoms with E-state index in [0.29, 0.717) is 12.0 Å². The van der Waals surface area contributed by atoms with E-state index in [1.807, 2.05) is 44.2 Å². The van der Waals surface area contributed by atoms with Gasteiger partial charge in [-0.1, -0.05) is 49.4 Å². The molecule has 0 fully saturated rings. The van der Waals surface area contributed by atoms with E-state index in [0.717, 1.165) is 34.3 Å². The van der Waals surface area contributed by atoms with Gasteiger partial charge in [0.15, 0.2) is 11.6 Å². The van der Waals surface area contributed by atoms with Crippen LogP contribution in [0.1, 0.15) is 44.2 Å². The Morgan fingerprint density at radius 2 is 1.57 bits per heavy atom. The molecule has 2 amide bonds. The third-order valence-corrected chi connectivity index (χ3v) is 8.08. The van der Waals surface area contributed by atoms with Crippen molar-refractivity contribution in [2.45, 2.75) is 58.2 Å². The fraction of sp³-hybridized carbons (Fsp3) is 0.355. The number of halogens is 3. The van der Waals surface area contributed by atoms with Crippen LogP contribution in [0.3, 0.4) is 0 Å². The van der Waals surface area contributed by atoms with Gasteiger partial charge in [0.1, 0.15) is 11.9 Å². The summed E-state index contributed by atoms with van der Waals surface area (Å²) in [6.45, 7) is 3.63. The van der Waals surface area contributed by atoms with Crippen LogP contribution < -0.4 is 9.62 Å². The first-order valence-electron chi connectivity index (χ1n) is 13.7. The van der Waals surface area contributed by atoms with Crippen molar-refractivity contribution in [3.63, 3.8) is 0 Å². The number of carbonyl (C=O) groups is 2. The zero-order valence-corrected chi connectivity index (χ0v) is 24.7. The van der Waals surface area contributed by atoms with Crippen LogP contribution in [0.2, 0.25) is 0 Å². The Bertz CT molecular complexity index is 1450. The van der Waals surface area contributed by atoms with Crippen LogP contribution in [-0.4, -0.2) is 50.0 Å². The number of anilines is 1. The number of rotatable bonds is 14. The molecular weight excluding hydrogens is 567 g/mol. The van der Waals surface area contributed by atoms with Crippen LogP contribution in [0.4, 0.5) is 18.9 Å². The van der Waals surface area contributed by atoms with E-state index < -0.39 is 39.4 Å². The summed E-state index contributed by atoms with van der Waals surface area (Å²) in [5, 5.41) is 2.96. The number of sulfonamides is 1. The Kier molecular flexibility index (Phi) is 11.6. The van der Waals surface area contributed by atoms with Gasteiger partial charge >= 0.3 is 0 Å².